The molecule has 0 spiro atoms. The second-order valence-corrected chi connectivity index (χ2v) is 5.01. The Balaban J connectivity index is 1.56. The quantitative estimate of drug-likeness (QED) is 0.782. The lowest BCUT2D eigenvalue weighted by atomic mass is 9.98. The van der Waals surface area contributed by atoms with Crippen molar-refractivity contribution >= 4 is 0 Å². The molecule has 0 aromatic heterocycles. The van der Waals surface area contributed by atoms with Gasteiger partial charge in [0.2, 0.25) is 0 Å². The number of hydrogen-bond donors (Lipinski definition) is 1. The van der Waals surface area contributed by atoms with Crippen LogP contribution in [-0.4, -0.2) is 42.9 Å². The zero-order valence-electron chi connectivity index (χ0n) is 10.9. The lowest BCUT2D eigenvalue weighted by molar-refractivity contribution is 0.0712. The molecule has 3 heteroatoms. The van der Waals surface area contributed by atoms with Gasteiger partial charge in [-0.05, 0) is 37.4 Å². The summed E-state index contributed by atoms with van der Waals surface area (Å²) in [6, 6.07) is 10.3. The zero-order valence-corrected chi connectivity index (χ0v) is 10.9. The SMILES string of the molecule is OCC1CCN(CCOCc2ccccc2)CC1. The molecule has 0 amide bonds. The molecule has 1 aliphatic rings. The molecule has 1 fully saturated rings. The number of aliphatic hydroxyl groups is 1. The standard InChI is InChI=1S/C15H23NO2/c17-12-14-6-8-16(9-7-14)10-11-18-13-15-4-2-1-3-5-15/h1-5,14,17H,6-13H2. The molecular weight excluding hydrogens is 226 g/mol. The highest BCUT2D eigenvalue weighted by Gasteiger charge is 2.17. The molecule has 3 nitrogen and oxygen atoms in total. The molecule has 1 aliphatic heterocycles. The van der Waals surface area contributed by atoms with Gasteiger partial charge in [-0.1, -0.05) is 30.3 Å². The fraction of sp³-hybridized carbons (Fsp3) is 0.600. The molecule has 100 valence electrons. The van der Waals surface area contributed by atoms with Gasteiger partial charge in [0.05, 0.1) is 13.2 Å². The fourth-order valence-electron chi connectivity index (χ4n) is 2.35. The van der Waals surface area contributed by atoms with Crippen molar-refractivity contribution in [2.75, 3.05) is 32.8 Å². The largest absolute Gasteiger partial charge is 0.396 e. The number of ether oxygens (including phenoxy) is 1. The molecular formula is C15H23NO2. The van der Waals surface area contributed by atoms with Crippen molar-refractivity contribution < 1.29 is 9.84 Å². The summed E-state index contributed by atoms with van der Waals surface area (Å²) < 4.78 is 5.68. The summed E-state index contributed by atoms with van der Waals surface area (Å²) in [6.45, 7) is 5.04. The molecule has 0 saturated carbocycles. The van der Waals surface area contributed by atoms with Crippen LogP contribution in [0.2, 0.25) is 0 Å². The van der Waals surface area contributed by atoms with Gasteiger partial charge in [-0.15, -0.1) is 0 Å². The van der Waals surface area contributed by atoms with E-state index in [1.165, 1.54) is 5.56 Å². The summed E-state index contributed by atoms with van der Waals surface area (Å²) >= 11 is 0. The summed E-state index contributed by atoms with van der Waals surface area (Å²) in [5.41, 5.74) is 1.23. The number of likely N-dealkylation sites (tertiary alicyclic amines) is 1. The monoisotopic (exact) mass is 249 g/mol. The van der Waals surface area contributed by atoms with Crippen LogP contribution in [-0.2, 0) is 11.3 Å². The summed E-state index contributed by atoms with van der Waals surface area (Å²) in [6.07, 6.45) is 2.24. The first-order valence-electron chi connectivity index (χ1n) is 6.83. The third-order valence-electron chi connectivity index (χ3n) is 3.63. The fourth-order valence-corrected chi connectivity index (χ4v) is 2.35. The lowest BCUT2D eigenvalue weighted by Gasteiger charge is -2.30. The normalized spacial score (nSPS) is 18.1. The topological polar surface area (TPSA) is 32.7 Å². The first-order chi connectivity index (χ1) is 8.88. The van der Waals surface area contributed by atoms with E-state index in [1.54, 1.807) is 0 Å². The van der Waals surface area contributed by atoms with Crippen molar-refractivity contribution in [2.45, 2.75) is 19.4 Å². The highest BCUT2D eigenvalue weighted by atomic mass is 16.5. The predicted octanol–water partition coefficient (Wildman–Crippen LogP) is 1.91. The van der Waals surface area contributed by atoms with E-state index >= 15 is 0 Å². The van der Waals surface area contributed by atoms with Crippen LogP contribution in [0.3, 0.4) is 0 Å². The summed E-state index contributed by atoms with van der Waals surface area (Å²) in [5.74, 6) is 0.520. The molecule has 1 heterocycles. The minimum atomic E-state index is 0.346. The van der Waals surface area contributed by atoms with E-state index in [4.69, 9.17) is 9.84 Å². The Hall–Kier alpha value is -0.900. The van der Waals surface area contributed by atoms with E-state index in [0.717, 1.165) is 39.1 Å². The average Bonchev–Trinajstić information content (AvgIpc) is 2.45. The van der Waals surface area contributed by atoms with Crippen LogP contribution < -0.4 is 0 Å². The van der Waals surface area contributed by atoms with Crippen LogP contribution >= 0.6 is 0 Å². The third kappa shape index (κ3) is 4.41. The van der Waals surface area contributed by atoms with Crippen molar-refractivity contribution in [3.8, 4) is 0 Å². The molecule has 0 atom stereocenters. The smallest absolute Gasteiger partial charge is 0.0717 e. The number of nitrogens with zero attached hydrogens (tertiary/aromatic N) is 1. The first-order valence-corrected chi connectivity index (χ1v) is 6.83. The number of benzene rings is 1. The minimum absolute atomic E-state index is 0.346. The van der Waals surface area contributed by atoms with Crippen LogP contribution in [0, 0.1) is 5.92 Å². The van der Waals surface area contributed by atoms with Crippen molar-refractivity contribution in [1.82, 2.24) is 4.90 Å². The Labute approximate surface area is 109 Å². The van der Waals surface area contributed by atoms with Crippen LogP contribution in [0.5, 0.6) is 0 Å². The van der Waals surface area contributed by atoms with Crippen molar-refractivity contribution in [3.63, 3.8) is 0 Å². The van der Waals surface area contributed by atoms with E-state index in [9.17, 15) is 0 Å². The second-order valence-electron chi connectivity index (χ2n) is 5.01. The van der Waals surface area contributed by atoms with E-state index in [0.29, 0.717) is 19.1 Å². The zero-order chi connectivity index (χ0) is 12.6. The van der Waals surface area contributed by atoms with Crippen LogP contribution in [0.15, 0.2) is 30.3 Å². The molecule has 18 heavy (non-hydrogen) atoms. The van der Waals surface area contributed by atoms with Gasteiger partial charge >= 0.3 is 0 Å². The van der Waals surface area contributed by atoms with Gasteiger partial charge in [-0.2, -0.15) is 0 Å². The number of aliphatic hydroxyl groups excluding tert-OH is 1. The Morgan fingerprint density at radius 1 is 1.17 bits per heavy atom. The van der Waals surface area contributed by atoms with Crippen LogP contribution in [0.25, 0.3) is 0 Å². The molecule has 1 aromatic rings. The maximum absolute atomic E-state index is 9.07. The Morgan fingerprint density at radius 3 is 2.56 bits per heavy atom. The Bertz CT molecular complexity index is 321. The van der Waals surface area contributed by atoms with Gasteiger partial charge < -0.3 is 14.7 Å². The number of piperidine rings is 1. The van der Waals surface area contributed by atoms with Crippen molar-refractivity contribution in [3.05, 3.63) is 35.9 Å². The molecule has 2 rings (SSSR count). The maximum atomic E-state index is 9.07. The molecule has 1 saturated heterocycles. The van der Waals surface area contributed by atoms with Gasteiger partial charge in [-0.25, -0.2) is 0 Å². The van der Waals surface area contributed by atoms with Gasteiger partial charge in [0.1, 0.15) is 0 Å². The molecule has 0 aliphatic carbocycles. The molecule has 0 unspecified atom stereocenters. The molecule has 0 bridgehead atoms. The van der Waals surface area contributed by atoms with Crippen molar-refractivity contribution in [2.24, 2.45) is 5.92 Å². The third-order valence-corrected chi connectivity index (χ3v) is 3.63. The van der Waals surface area contributed by atoms with E-state index < -0.39 is 0 Å². The minimum Gasteiger partial charge on any atom is -0.396 e. The number of rotatable bonds is 6. The highest BCUT2D eigenvalue weighted by Crippen LogP contribution is 2.15. The average molecular weight is 249 g/mol. The maximum Gasteiger partial charge on any atom is 0.0717 e. The summed E-state index contributed by atoms with van der Waals surface area (Å²) in [4.78, 5) is 2.43. The van der Waals surface area contributed by atoms with Crippen LogP contribution in [0.4, 0.5) is 0 Å². The van der Waals surface area contributed by atoms with Gasteiger partial charge in [-0.3, -0.25) is 0 Å². The second kappa shape index (κ2) is 7.52. The first kappa shape index (κ1) is 13.5. The molecule has 1 N–H and O–H groups in total. The Morgan fingerprint density at radius 2 is 1.89 bits per heavy atom. The number of hydrogen-bond acceptors (Lipinski definition) is 3. The van der Waals surface area contributed by atoms with Gasteiger partial charge in [0.15, 0.2) is 0 Å². The Kier molecular flexibility index (Phi) is 5.65. The summed E-state index contributed by atoms with van der Waals surface area (Å²) in [5, 5.41) is 9.07. The van der Waals surface area contributed by atoms with E-state index in [1.807, 2.05) is 18.2 Å². The van der Waals surface area contributed by atoms with Gasteiger partial charge in [0.25, 0.3) is 0 Å². The van der Waals surface area contributed by atoms with Gasteiger partial charge in [0, 0.05) is 13.2 Å². The predicted molar refractivity (Wildman–Crippen MR) is 72.3 cm³/mol. The van der Waals surface area contributed by atoms with Crippen LogP contribution in [0.1, 0.15) is 18.4 Å². The van der Waals surface area contributed by atoms with E-state index in [-0.39, 0.29) is 0 Å². The summed E-state index contributed by atoms with van der Waals surface area (Å²) in [7, 11) is 0. The highest BCUT2D eigenvalue weighted by molar-refractivity contribution is 5.13. The molecule has 0 radical (unpaired) electrons. The molecule has 1 aromatic carbocycles. The lowest BCUT2D eigenvalue weighted by Crippen LogP contribution is -2.36. The van der Waals surface area contributed by atoms with Crippen molar-refractivity contribution in [1.29, 1.82) is 0 Å². The van der Waals surface area contributed by atoms with E-state index in [2.05, 4.69) is 17.0 Å².